The molecule has 2 aliphatic rings. The summed E-state index contributed by atoms with van der Waals surface area (Å²) in [5.74, 6) is 1.21. The maximum absolute atomic E-state index is 13.9. The summed E-state index contributed by atoms with van der Waals surface area (Å²) in [6, 6.07) is 4.34. The summed E-state index contributed by atoms with van der Waals surface area (Å²) in [6.07, 6.45) is 12.8. The van der Waals surface area contributed by atoms with Gasteiger partial charge in [0.25, 0.3) is 0 Å². The van der Waals surface area contributed by atoms with Crippen molar-refractivity contribution in [1.82, 2.24) is 0 Å². The first-order chi connectivity index (χ1) is 12.1. The lowest BCUT2D eigenvalue weighted by molar-refractivity contribution is 0.160. The van der Waals surface area contributed by atoms with Gasteiger partial charge < -0.3 is 0 Å². The third kappa shape index (κ3) is 4.11. The van der Waals surface area contributed by atoms with E-state index in [0.717, 1.165) is 55.4 Å². The third-order valence-corrected chi connectivity index (χ3v) is 6.48. The highest BCUT2D eigenvalue weighted by atomic mass is 19.1. The van der Waals surface area contributed by atoms with Gasteiger partial charge in [0, 0.05) is 0 Å². The van der Waals surface area contributed by atoms with Crippen molar-refractivity contribution in [2.75, 3.05) is 0 Å². The van der Waals surface area contributed by atoms with Crippen LogP contribution in [0.3, 0.4) is 0 Å². The number of benzene rings is 1. The zero-order chi connectivity index (χ0) is 17.8. The predicted molar refractivity (Wildman–Crippen MR) is 96.0 cm³/mol. The zero-order valence-corrected chi connectivity index (χ0v) is 14.8. The van der Waals surface area contributed by atoms with Gasteiger partial charge in [-0.3, -0.25) is 0 Å². The summed E-state index contributed by atoms with van der Waals surface area (Å²) in [5, 5.41) is 8.80. The van der Waals surface area contributed by atoms with Crippen LogP contribution in [-0.2, 0) is 0 Å². The molecule has 0 aromatic heterocycles. The minimum atomic E-state index is -0.722. The van der Waals surface area contributed by atoms with Gasteiger partial charge in [-0.1, -0.05) is 6.08 Å². The van der Waals surface area contributed by atoms with Crippen molar-refractivity contribution in [2.24, 2.45) is 17.8 Å². The Bertz CT molecular complexity index is 621. The van der Waals surface area contributed by atoms with Gasteiger partial charge in [0.1, 0.15) is 23.3 Å². The molecule has 0 saturated heterocycles. The molecular weight excluding hydrogens is 316 g/mol. The van der Waals surface area contributed by atoms with Crippen molar-refractivity contribution in [2.45, 2.75) is 63.7 Å². The van der Waals surface area contributed by atoms with Crippen LogP contribution in [0.2, 0.25) is 0 Å². The van der Waals surface area contributed by atoms with E-state index in [4.69, 9.17) is 5.26 Å². The highest BCUT2D eigenvalue weighted by molar-refractivity contribution is 5.36. The number of nitriles is 1. The Morgan fingerprint density at radius 2 is 1.48 bits per heavy atom. The van der Waals surface area contributed by atoms with Gasteiger partial charge in [0.05, 0.1) is 0 Å². The molecule has 2 fully saturated rings. The summed E-state index contributed by atoms with van der Waals surface area (Å²) in [6.45, 7) is 3.85. The van der Waals surface area contributed by atoms with E-state index in [-0.39, 0.29) is 5.92 Å². The standard InChI is InChI=1S/C22H27F2N/c1-2-3-15-4-6-16(7-5-15)17-8-10-18(11-9-17)19-12-21(23)20(14-25)22(24)13-19/h2,12-13,15-18H,1,3-11H2. The Hall–Kier alpha value is -1.69. The molecule has 1 aromatic carbocycles. The first kappa shape index (κ1) is 18.1. The number of hydrogen-bond acceptors (Lipinski definition) is 1. The van der Waals surface area contributed by atoms with E-state index in [9.17, 15) is 8.78 Å². The maximum atomic E-state index is 13.9. The average Bonchev–Trinajstić information content (AvgIpc) is 2.62. The Morgan fingerprint density at radius 1 is 0.960 bits per heavy atom. The molecule has 25 heavy (non-hydrogen) atoms. The van der Waals surface area contributed by atoms with Crippen molar-refractivity contribution < 1.29 is 8.78 Å². The van der Waals surface area contributed by atoms with Crippen LogP contribution in [0.1, 0.15) is 74.8 Å². The SMILES string of the molecule is C=CCC1CCC(C2CCC(c3cc(F)c(C#N)c(F)c3)CC2)CC1. The number of rotatable bonds is 4. The first-order valence-corrected chi connectivity index (χ1v) is 9.62. The van der Waals surface area contributed by atoms with Crippen molar-refractivity contribution in [1.29, 1.82) is 5.26 Å². The fraction of sp³-hybridized carbons (Fsp3) is 0.591. The van der Waals surface area contributed by atoms with Crippen LogP contribution in [0.15, 0.2) is 24.8 Å². The molecule has 3 heteroatoms. The Morgan fingerprint density at radius 3 is 1.96 bits per heavy atom. The van der Waals surface area contributed by atoms with Crippen LogP contribution in [0.25, 0.3) is 0 Å². The minimum Gasteiger partial charge on any atom is -0.205 e. The smallest absolute Gasteiger partial charge is 0.144 e. The lowest BCUT2D eigenvalue weighted by atomic mass is 9.68. The van der Waals surface area contributed by atoms with Crippen molar-refractivity contribution in [3.8, 4) is 6.07 Å². The fourth-order valence-corrected chi connectivity index (χ4v) is 4.99. The van der Waals surface area contributed by atoms with Crippen LogP contribution in [0, 0.1) is 40.7 Å². The topological polar surface area (TPSA) is 23.8 Å². The Labute approximate surface area is 149 Å². The molecule has 0 radical (unpaired) electrons. The largest absolute Gasteiger partial charge is 0.205 e. The average molecular weight is 343 g/mol. The number of allylic oxidation sites excluding steroid dienone is 1. The highest BCUT2D eigenvalue weighted by Crippen LogP contribution is 2.44. The predicted octanol–water partition coefficient (Wildman–Crippen LogP) is 6.49. The lowest BCUT2D eigenvalue weighted by Gasteiger charge is -2.38. The van der Waals surface area contributed by atoms with Crippen LogP contribution < -0.4 is 0 Å². The van der Waals surface area contributed by atoms with Gasteiger partial charge in [0.2, 0.25) is 0 Å². The molecular formula is C22H27F2N. The van der Waals surface area contributed by atoms with E-state index in [1.165, 1.54) is 37.8 Å². The lowest BCUT2D eigenvalue weighted by Crippen LogP contribution is -2.25. The van der Waals surface area contributed by atoms with Crippen molar-refractivity contribution in [3.05, 3.63) is 47.5 Å². The molecule has 0 N–H and O–H groups in total. The number of halogens is 2. The normalized spacial score (nSPS) is 29.8. The van der Waals surface area contributed by atoms with Gasteiger partial charge in [-0.25, -0.2) is 8.78 Å². The van der Waals surface area contributed by atoms with Gasteiger partial charge in [0.15, 0.2) is 0 Å². The molecule has 0 heterocycles. The van der Waals surface area contributed by atoms with Crippen LogP contribution in [-0.4, -0.2) is 0 Å². The molecule has 0 spiro atoms. The van der Waals surface area contributed by atoms with Crippen LogP contribution in [0.4, 0.5) is 8.78 Å². The van der Waals surface area contributed by atoms with Crippen LogP contribution in [0.5, 0.6) is 0 Å². The molecule has 1 aromatic rings. The number of nitrogens with zero attached hydrogens (tertiary/aromatic N) is 1. The second kappa shape index (κ2) is 8.13. The molecule has 0 amide bonds. The second-order valence-corrected chi connectivity index (χ2v) is 7.89. The van der Waals surface area contributed by atoms with Crippen molar-refractivity contribution >= 4 is 0 Å². The van der Waals surface area contributed by atoms with E-state index >= 15 is 0 Å². The molecule has 1 nitrogen and oxygen atoms in total. The summed E-state index contributed by atoms with van der Waals surface area (Å²) < 4.78 is 27.7. The molecule has 0 bridgehead atoms. The molecule has 0 unspecified atom stereocenters. The van der Waals surface area contributed by atoms with E-state index in [0.29, 0.717) is 0 Å². The molecule has 0 aliphatic heterocycles. The Kier molecular flexibility index (Phi) is 5.89. The van der Waals surface area contributed by atoms with Gasteiger partial charge in [-0.2, -0.15) is 5.26 Å². The highest BCUT2D eigenvalue weighted by Gasteiger charge is 2.31. The fourth-order valence-electron chi connectivity index (χ4n) is 4.99. The quantitative estimate of drug-likeness (QED) is 0.573. The minimum absolute atomic E-state index is 0.227. The number of hydrogen-bond donors (Lipinski definition) is 0. The van der Waals surface area contributed by atoms with E-state index < -0.39 is 17.2 Å². The molecule has 2 saturated carbocycles. The molecule has 2 aliphatic carbocycles. The molecule has 0 atom stereocenters. The summed E-state index contributed by atoms with van der Waals surface area (Å²) in [5.41, 5.74) is 0.260. The van der Waals surface area contributed by atoms with E-state index in [2.05, 4.69) is 6.58 Å². The third-order valence-electron chi connectivity index (χ3n) is 6.48. The monoisotopic (exact) mass is 343 g/mol. The zero-order valence-electron chi connectivity index (χ0n) is 14.8. The summed E-state index contributed by atoms with van der Waals surface area (Å²) in [7, 11) is 0. The van der Waals surface area contributed by atoms with E-state index in [1.807, 2.05) is 6.08 Å². The molecule has 3 rings (SSSR count). The van der Waals surface area contributed by atoms with Gasteiger partial charge in [-0.15, -0.1) is 6.58 Å². The summed E-state index contributed by atoms with van der Waals surface area (Å²) >= 11 is 0. The van der Waals surface area contributed by atoms with Gasteiger partial charge in [-0.05, 0) is 99.2 Å². The second-order valence-electron chi connectivity index (χ2n) is 7.89. The molecule has 134 valence electrons. The Balaban J connectivity index is 1.56. The summed E-state index contributed by atoms with van der Waals surface area (Å²) in [4.78, 5) is 0. The van der Waals surface area contributed by atoms with Gasteiger partial charge >= 0.3 is 0 Å². The van der Waals surface area contributed by atoms with E-state index in [1.54, 1.807) is 6.07 Å². The maximum Gasteiger partial charge on any atom is 0.144 e. The van der Waals surface area contributed by atoms with Crippen molar-refractivity contribution in [3.63, 3.8) is 0 Å². The first-order valence-electron chi connectivity index (χ1n) is 9.62. The van der Waals surface area contributed by atoms with Crippen LogP contribution >= 0.6 is 0 Å².